The van der Waals surface area contributed by atoms with Crippen molar-refractivity contribution in [2.45, 2.75) is 13.8 Å². The molecule has 72 valence electrons. The Morgan fingerprint density at radius 2 is 2.15 bits per heavy atom. The quantitative estimate of drug-likeness (QED) is 0.796. The van der Waals surface area contributed by atoms with Crippen LogP contribution in [0, 0.1) is 5.92 Å². The average Bonchev–Trinajstić information content (AvgIpc) is 2.07. The van der Waals surface area contributed by atoms with Gasteiger partial charge in [-0.15, -0.1) is 0 Å². The molecule has 1 rings (SSSR count). The van der Waals surface area contributed by atoms with Gasteiger partial charge in [0.15, 0.2) is 0 Å². The van der Waals surface area contributed by atoms with Gasteiger partial charge in [0.1, 0.15) is 5.75 Å². The molecule has 3 heteroatoms. The minimum absolute atomic E-state index is 0.537. The third-order valence-electron chi connectivity index (χ3n) is 1.47. The van der Waals surface area contributed by atoms with Gasteiger partial charge in [0.05, 0.1) is 11.6 Å². The van der Waals surface area contributed by atoms with Crippen molar-refractivity contribution >= 4 is 27.5 Å². The summed E-state index contributed by atoms with van der Waals surface area (Å²) in [5.41, 5.74) is 0. The maximum absolute atomic E-state index is 5.84. The topological polar surface area (TPSA) is 9.23 Å². The van der Waals surface area contributed by atoms with Crippen molar-refractivity contribution in [1.82, 2.24) is 0 Å². The van der Waals surface area contributed by atoms with Gasteiger partial charge >= 0.3 is 0 Å². The van der Waals surface area contributed by atoms with Gasteiger partial charge in [-0.25, -0.2) is 0 Å². The molecule has 0 radical (unpaired) electrons. The molecule has 0 aromatic heterocycles. The second-order valence-corrected chi connectivity index (χ2v) is 4.54. The van der Waals surface area contributed by atoms with Crippen molar-refractivity contribution in [3.63, 3.8) is 0 Å². The van der Waals surface area contributed by atoms with Gasteiger partial charge in [-0.2, -0.15) is 0 Å². The summed E-state index contributed by atoms with van der Waals surface area (Å²) in [7, 11) is 0. The maximum atomic E-state index is 5.84. The van der Waals surface area contributed by atoms with Crippen LogP contribution < -0.4 is 4.74 Å². The molecule has 1 aromatic carbocycles. The van der Waals surface area contributed by atoms with Crippen LogP contribution in [-0.2, 0) is 0 Å². The van der Waals surface area contributed by atoms with E-state index in [1.54, 1.807) is 0 Å². The van der Waals surface area contributed by atoms with Gasteiger partial charge in [0, 0.05) is 4.47 Å². The maximum Gasteiger partial charge on any atom is 0.120 e. The van der Waals surface area contributed by atoms with Crippen LogP contribution in [0.25, 0.3) is 0 Å². The van der Waals surface area contributed by atoms with E-state index < -0.39 is 0 Å². The molecule has 0 fully saturated rings. The van der Waals surface area contributed by atoms with Crippen molar-refractivity contribution in [3.05, 3.63) is 27.7 Å². The molecule has 0 unspecified atom stereocenters. The molecule has 0 aliphatic rings. The molecule has 0 amide bonds. The largest absolute Gasteiger partial charge is 0.493 e. The van der Waals surface area contributed by atoms with Crippen LogP contribution >= 0.6 is 27.5 Å². The zero-order valence-corrected chi connectivity index (χ0v) is 10.0. The summed E-state index contributed by atoms with van der Waals surface area (Å²) in [6.45, 7) is 4.96. The van der Waals surface area contributed by atoms with Crippen LogP contribution in [0.1, 0.15) is 13.8 Å². The lowest BCUT2D eigenvalue weighted by molar-refractivity contribution is 0.271. The first-order valence-corrected chi connectivity index (χ1v) is 5.34. The fourth-order valence-electron chi connectivity index (χ4n) is 0.830. The lowest BCUT2D eigenvalue weighted by Gasteiger charge is -2.08. The first-order chi connectivity index (χ1) is 6.09. The Morgan fingerprint density at radius 1 is 1.46 bits per heavy atom. The van der Waals surface area contributed by atoms with E-state index in [0.717, 1.165) is 16.8 Å². The molecule has 0 saturated carbocycles. The van der Waals surface area contributed by atoms with E-state index in [1.165, 1.54) is 0 Å². The Bertz CT molecular complexity index is 286. The summed E-state index contributed by atoms with van der Waals surface area (Å²) in [6.07, 6.45) is 0. The molecule has 0 aliphatic carbocycles. The lowest BCUT2D eigenvalue weighted by Crippen LogP contribution is -2.04. The fraction of sp³-hybridized carbons (Fsp3) is 0.400. The Balaban J connectivity index is 2.63. The average molecular weight is 264 g/mol. The third kappa shape index (κ3) is 3.57. The number of benzene rings is 1. The molecular weight excluding hydrogens is 251 g/mol. The van der Waals surface area contributed by atoms with Crippen LogP contribution in [-0.4, -0.2) is 6.61 Å². The van der Waals surface area contributed by atoms with E-state index in [9.17, 15) is 0 Å². The highest BCUT2D eigenvalue weighted by Crippen LogP contribution is 2.26. The van der Waals surface area contributed by atoms with Crippen LogP contribution in [0.2, 0.25) is 5.02 Å². The first kappa shape index (κ1) is 10.9. The van der Waals surface area contributed by atoms with E-state index in [-0.39, 0.29) is 0 Å². The van der Waals surface area contributed by atoms with Gasteiger partial charge in [-0.3, -0.25) is 0 Å². The van der Waals surface area contributed by atoms with Gasteiger partial charge in [-0.1, -0.05) is 25.4 Å². The van der Waals surface area contributed by atoms with E-state index in [0.29, 0.717) is 10.9 Å². The van der Waals surface area contributed by atoms with Crippen molar-refractivity contribution in [2.24, 2.45) is 5.92 Å². The van der Waals surface area contributed by atoms with E-state index in [1.807, 2.05) is 18.2 Å². The molecule has 1 aromatic rings. The SMILES string of the molecule is CC(C)COc1ccc(Cl)c(Br)c1. The predicted octanol–water partition coefficient (Wildman–Crippen LogP) is 4.14. The summed E-state index contributed by atoms with van der Waals surface area (Å²) in [5.74, 6) is 1.39. The highest BCUT2D eigenvalue weighted by atomic mass is 79.9. The van der Waals surface area contributed by atoms with Crippen LogP contribution in [0.3, 0.4) is 0 Å². The fourth-order valence-corrected chi connectivity index (χ4v) is 1.30. The second-order valence-electron chi connectivity index (χ2n) is 3.28. The summed E-state index contributed by atoms with van der Waals surface area (Å²) in [6, 6.07) is 5.57. The highest BCUT2D eigenvalue weighted by Gasteiger charge is 2.00. The summed E-state index contributed by atoms with van der Waals surface area (Å²) in [5, 5.41) is 0.705. The minimum Gasteiger partial charge on any atom is -0.493 e. The molecule has 13 heavy (non-hydrogen) atoms. The normalized spacial score (nSPS) is 10.5. The van der Waals surface area contributed by atoms with Crippen molar-refractivity contribution < 1.29 is 4.74 Å². The zero-order chi connectivity index (χ0) is 9.84. The van der Waals surface area contributed by atoms with Crippen molar-refractivity contribution in [3.8, 4) is 5.75 Å². The van der Waals surface area contributed by atoms with Crippen molar-refractivity contribution in [1.29, 1.82) is 0 Å². The first-order valence-electron chi connectivity index (χ1n) is 4.17. The van der Waals surface area contributed by atoms with Crippen LogP contribution in [0.5, 0.6) is 5.75 Å². The number of hydrogen-bond acceptors (Lipinski definition) is 1. The summed E-state index contributed by atoms with van der Waals surface area (Å²) < 4.78 is 6.39. The molecule has 0 saturated heterocycles. The standard InChI is InChI=1S/C10H12BrClO/c1-7(2)6-13-8-3-4-10(12)9(11)5-8/h3-5,7H,6H2,1-2H3. The molecule has 1 nitrogen and oxygen atoms in total. The number of rotatable bonds is 3. The molecule has 0 heterocycles. The van der Waals surface area contributed by atoms with Gasteiger partial charge < -0.3 is 4.74 Å². The Hall–Kier alpha value is -0.210. The highest BCUT2D eigenvalue weighted by molar-refractivity contribution is 9.10. The van der Waals surface area contributed by atoms with E-state index in [4.69, 9.17) is 16.3 Å². The van der Waals surface area contributed by atoms with Gasteiger partial charge in [0.2, 0.25) is 0 Å². The predicted molar refractivity (Wildman–Crippen MR) is 59.5 cm³/mol. The second kappa shape index (κ2) is 4.87. The van der Waals surface area contributed by atoms with E-state index >= 15 is 0 Å². The molecule has 0 bridgehead atoms. The smallest absolute Gasteiger partial charge is 0.120 e. The molecule has 0 atom stereocenters. The minimum atomic E-state index is 0.537. The molecule has 0 aliphatic heterocycles. The molecular formula is C10H12BrClO. The van der Waals surface area contributed by atoms with Crippen LogP contribution in [0.15, 0.2) is 22.7 Å². The third-order valence-corrected chi connectivity index (χ3v) is 2.69. The number of halogens is 2. The zero-order valence-electron chi connectivity index (χ0n) is 7.68. The lowest BCUT2D eigenvalue weighted by atomic mass is 10.2. The Kier molecular flexibility index (Phi) is 4.07. The molecule has 0 N–H and O–H groups in total. The summed E-state index contributed by atoms with van der Waals surface area (Å²) in [4.78, 5) is 0. The Labute approximate surface area is 92.2 Å². The van der Waals surface area contributed by atoms with Gasteiger partial charge in [0.25, 0.3) is 0 Å². The van der Waals surface area contributed by atoms with E-state index in [2.05, 4.69) is 29.8 Å². The Morgan fingerprint density at radius 3 is 2.69 bits per heavy atom. The summed E-state index contributed by atoms with van der Waals surface area (Å²) >= 11 is 9.18. The number of ether oxygens (including phenoxy) is 1. The monoisotopic (exact) mass is 262 g/mol. The van der Waals surface area contributed by atoms with Crippen LogP contribution in [0.4, 0.5) is 0 Å². The number of hydrogen-bond donors (Lipinski definition) is 0. The van der Waals surface area contributed by atoms with Crippen molar-refractivity contribution in [2.75, 3.05) is 6.61 Å². The molecule has 0 spiro atoms. The van der Waals surface area contributed by atoms with Gasteiger partial charge in [-0.05, 0) is 40.0 Å².